The van der Waals surface area contributed by atoms with E-state index in [1.54, 1.807) is 0 Å². The lowest BCUT2D eigenvalue weighted by atomic mass is 10.1. The van der Waals surface area contributed by atoms with E-state index in [4.69, 9.17) is 0 Å². The van der Waals surface area contributed by atoms with Gasteiger partial charge in [-0.15, -0.1) is 0 Å². The van der Waals surface area contributed by atoms with Crippen LogP contribution in [0.4, 0.5) is 0 Å². The molecule has 0 saturated heterocycles. The molecule has 23 heavy (non-hydrogen) atoms. The van der Waals surface area contributed by atoms with Gasteiger partial charge in [-0.25, -0.2) is 0 Å². The van der Waals surface area contributed by atoms with Gasteiger partial charge in [0.2, 0.25) is 0 Å². The second-order valence-corrected chi connectivity index (χ2v) is 6.42. The Kier molecular flexibility index (Phi) is 3.22. The number of rotatable bonds is 1. The van der Waals surface area contributed by atoms with E-state index in [-0.39, 0.29) is 5.91 Å². The molecule has 4 rings (SSSR count). The number of carbonyl (C=O) groups is 1. The first-order chi connectivity index (χ1) is 11.1. The molecule has 0 spiro atoms. The van der Waals surface area contributed by atoms with Gasteiger partial charge >= 0.3 is 0 Å². The molecule has 0 fully saturated rings. The topological polar surface area (TPSA) is 25.2 Å². The number of aryl methyl sites for hydroxylation is 2. The summed E-state index contributed by atoms with van der Waals surface area (Å²) in [5.74, 6) is 0.122. The van der Waals surface area contributed by atoms with Gasteiger partial charge in [0.05, 0.1) is 0 Å². The van der Waals surface area contributed by atoms with E-state index in [2.05, 4.69) is 36.0 Å². The van der Waals surface area contributed by atoms with Crippen LogP contribution >= 0.6 is 0 Å². The fourth-order valence-corrected chi connectivity index (χ4v) is 3.53. The lowest BCUT2D eigenvalue weighted by Crippen LogP contribution is -2.31. The van der Waals surface area contributed by atoms with Crippen LogP contribution in [0.2, 0.25) is 0 Å². The molecule has 2 aromatic carbocycles. The van der Waals surface area contributed by atoms with Crippen molar-refractivity contribution in [3.05, 3.63) is 70.9 Å². The SMILES string of the molecule is Cc1ccc(C(=O)N2CCc3cn(C)c4cccc(c34)C2)cc1. The van der Waals surface area contributed by atoms with Crippen molar-refractivity contribution in [1.82, 2.24) is 9.47 Å². The Morgan fingerprint density at radius 1 is 1.04 bits per heavy atom. The van der Waals surface area contributed by atoms with Crippen molar-refractivity contribution >= 4 is 16.8 Å². The van der Waals surface area contributed by atoms with Crippen LogP contribution in [-0.2, 0) is 20.0 Å². The molecule has 0 N–H and O–H groups in total. The minimum absolute atomic E-state index is 0.122. The molecule has 0 bridgehead atoms. The van der Waals surface area contributed by atoms with E-state index < -0.39 is 0 Å². The fraction of sp³-hybridized carbons (Fsp3) is 0.250. The van der Waals surface area contributed by atoms with Crippen LogP contribution < -0.4 is 0 Å². The number of carbonyl (C=O) groups excluding carboxylic acids is 1. The molecule has 2 heterocycles. The van der Waals surface area contributed by atoms with Crippen LogP contribution in [0.5, 0.6) is 0 Å². The van der Waals surface area contributed by atoms with Gasteiger partial charge in [-0.3, -0.25) is 4.79 Å². The molecule has 1 amide bonds. The molecule has 3 nitrogen and oxygen atoms in total. The van der Waals surface area contributed by atoms with Crippen molar-refractivity contribution < 1.29 is 4.79 Å². The van der Waals surface area contributed by atoms with Crippen LogP contribution in [0.1, 0.15) is 27.0 Å². The quantitative estimate of drug-likeness (QED) is 0.673. The standard InChI is InChI=1S/C20H20N2O/c1-14-6-8-15(9-7-14)20(23)22-11-10-17-12-21(2)18-5-3-4-16(13-22)19(17)18/h3-9,12H,10-11,13H2,1-2H3. The van der Waals surface area contributed by atoms with Crippen molar-refractivity contribution in [3.8, 4) is 0 Å². The maximum Gasteiger partial charge on any atom is 0.254 e. The highest BCUT2D eigenvalue weighted by Crippen LogP contribution is 2.29. The molecule has 0 radical (unpaired) electrons. The number of aromatic nitrogens is 1. The van der Waals surface area contributed by atoms with Gasteiger partial charge in [0.1, 0.15) is 0 Å². The Hall–Kier alpha value is -2.55. The van der Waals surface area contributed by atoms with E-state index >= 15 is 0 Å². The first-order valence-electron chi connectivity index (χ1n) is 8.05. The van der Waals surface area contributed by atoms with E-state index in [1.165, 1.54) is 27.6 Å². The van der Waals surface area contributed by atoms with Gasteiger partial charge in [0.15, 0.2) is 0 Å². The Bertz CT molecular complexity index is 890. The lowest BCUT2D eigenvalue weighted by molar-refractivity contribution is 0.0748. The van der Waals surface area contributed by atoms with Crippen LogP contribution in [0.15, 0.2) is 48.7 Å². The molecule has 1 aliphatic heterocycles. The average molecular weight is 304 g/mol. The highest BCUT2D eigenvalue weighted by Gasteiger charge is 2.22. The monoisotopic (exact) mass is 304 g/mol. The summed E-state index contributed by atoms with van der Waals surface area (Å²) in [4.78, 5) is 14.8. The summed E-state index contributed by atoms with van der Waals surface area (Å²) in [7, 11) is 2.09. The van der Waals surface area contributed by atoms with Crippen LogP contribution in [0, 0.1) is 6.92 Å². The first-order valence-corrected chi connectivity index (χ1v) is 8.05. The molecule has 116 valence electrons. The molecular weight excluding hydrogens is 284 g/mol. The summed E-state index contributed by atoms with van der Waals surface area (Å²) in [6.07, 6.45) is 3.11. The first kappa shape index (κ1) is 14.1. The van der Waals surface area contributed by atoms with Crippen molar-refractivity contribution in [2.45, 2.75) is 19.9 Å². The summed E-state index contributed by atoms with van der Waals surface area (Å²) in [6.45, 7) is 3.49. The maximum atomic E-state index is 12.8. The van der Waals surface area contributed by atoms with Gasteiger partial charge in [-0.2, -0.15) is 0 Å². The number of hydrogen-bond donors (Lipinski definition) is 0. The van der Waals surface area contributed by atoms with Crippen LogP contribution in [0.3, 0.4) is 0 Å². The van der Waals surface area contributed by atoms with Crippen LogP contribution in [0.25, 0.3) is 10.9 Å². The molecule has 1 aliphatic rings. The Labute approximate surface area is 136 Å². The number of hydrogen-bond acceptors (Lipinski definition) is 1. The molecule has 3 aromatic rings. The predicted molar refractivity (Wildman–Crippen MR) is 92.5 cm³/mol. The minimum atomic E-state index is 0.122. The van der Waals surface area contributed by atoms with E-state index in [1.807, 2.05) is 36.1 Å². The van der Waals surface area contributed by atoms with Crippen molar-refractivity contribution in [2.24, 2.45) is 7.05 Å². The number of nitrogens with zero attached hydrogens (tertiary/aromatic N) is 2. The molecule has 1 aromatic heterocycles. The second-order valence-electron chi connectivity index (χ2n) is 6.42. The van der Waals surface area contributed by atoms with Gasteiger partial charge in [-0.05, 0) is 42.7 Å². The minimum Gasteiger partial charge on any atom is -0.350 e. The smallest absolute Gasteiger partial charge is 0.254 e. The van der Waals surface area contributed by atoms with E-state index in [0.29, 0.717) is 6.54 Å². The van der Waals surface area contributed by atoms with E-state index in [9.17, 15) is 4.79 Å². The van der Waals surface area contributed by atoms with Gasteiger partial charge in [-0.1, -0.05) is 29.8 Å². The zero-order chi connectivity index (χ0) is 16.0. The maximum absolute atomic E-state index is 12.8. The third kappa shape index (κ3) is 2.33. The molecule has 0 aliphatic carbocycles. The molecule has 3 heteroatoms. The number of amides is 1. The van der Waals surface area contributed by atoms with Gasteiger partial charge in [0.25, 0.3) is 5.91 Å². The number of benzene rings is 2. The summed E-state index contributed by atoms with van der Waals surface area (Å²) < 4.78 is 2.19. The highest BCUT2D eigenvalue weighted by atomic mass is 16.2. The third-order valence-electron chi connectivity index (χ3n) is 4.78. The van der Waals surface area contributed by atoms with Crippen LogP contribution in [-0.4, -0.2) is 21.9 Å². The Morgan fingerprint density at radius 3 is 2.61 bits per heavy atom. The zero-order valence-corrected chi connectivity index (χ0v) is 13.5. The summed E-state index contributed by atoms with van der Waals surface area (Å²) in [6, 6.07) is 14.2. The Morgan fingerprint density at radius 2 is 1.83 bits per heavy atom. The molecule has 0 atom stereocenters. The van der Waals surface area contributed by atoms with E-state index in [0.717, 1.165) is 18.5 Å². The van der Waals surface area contributed by atoms with Crippen molar-refractivity contribution in [1.29, 1.82) is 0 Å². The fourth-order valence-electron chi connectivity index (χ4n) is 3.53. The molecule has 0 saturated carbocycles. The molecular formula is C20H20N2O. The van der Waals surface area contributed by atoms with Crippen molar-refractivity contribution in [3.63, 3.8) is 0 Å². The lowest BCUT2D eigenvalue weighted by Gasteiger charge is -2.21. The Balaban J connectivity index is 1.71. The normalized spacial score (nSPS) is 14.1. The average Bonchev–Trinajstić information content (AvgIpc) is 2.76. The largest absolute Gasteiger partial charge is 0.350 e. The van der Waals surface area contributed by atoms with Gasteiger partial charge < -0.3 is 9.47 Å². The predicted octanol–water partition coefficient (Wildman–Crippen LogP) is 3.69. The van der Waals surface area contributed by atoms with Crippen molar-refractivity contribution in [2.75, 3.05) is 6.54 Å². The summed E-state index contributed by atoms with van der Waals surface area (Å²) in [5, 5.41) is 1.33. The summed E-state index contributed by atoms with van der Waals surface area (Å²) in [5.41, 5.74) is 5.79. The second kappa shape index (κ2) is 5.27. The third-order valence-corrected chi connectivity index (χ3v) is 4.78. The highest BCUT2D eigenvalue weighted by molar-refractivity contribution is 5.95. The van der Waals surface area contributed by atoms with Gasteiger partial charge in [0, 0.05) is 42.8 Å². The summed E-state index contributed by atoms with van der Waals surface area (Å²) >= 11 is 0. The molecule has 0 unspecified atom stereocenters. The zero-order valence-electron chi connectivity index (χ0n) is 13.5.